The molecule has 0 spiro atoms. The van der Waals surface area contributed by atoms with Crippen LogP contribution in [0.4, 0.5) is 4.79 Å². The predicted octanol–water partition coefficient (Wildman–Crippen LogP) is 3.65. The summed E-state index contributed by atoms with van der Waals surface area (Å²) in [6.07, 6.45) is 1.42. The van der Waals surface area contributed by atoms with Gasteiger partial charge in [-0.05, 0) is 39.8 Å². The van der Waals surface area contributed by atoms with Crippen LogP contribution < -0.4 is 5.32 Å². The number of hydrogen-bond donors (Lipinski definition) is 1. The Bertz CT molecular complexity index is 935. The Morgan fingerprint density at radius 3 is 2.71 bits per heavy atom. The molecule has 1 saturated heterocycles. The van der Waals surface area contributed by atoms with Crippen molar-refractivity contribution in [1.82, 2.24) is 20.1 Å². The fourth-order valence-corrected chi connectivity index (χ4v) is 3.61. The summed E-state index contributed by atoms with van der Waals surface area (Å²) in [5.74, 6) is 1.47. The van der Waals surface area contributed by atoms with Gasteiger partial charge in [-0.1, -0.05) is 17.7 Å². The monoisotopic (exact) mass is 539 g/mol. The highest BCUT2D eigenvalue weighted by Gasteiger charge is 2.36. The topological polar surface area (TPSA) is 83.2 Å². The van der Waals surface area contributed by atoms with Crippen molar-refractivity contribution < 1.29 is 13.9 Å². The number of hydrogen-bond acceptors (Lipinski definition) is 7. The summed E-state index contributed by atoms with van der Waals surface area (Å²) in [4.78, 5) is 25.5. The van der Waals surface area contributed by atoms with E-state index in [0.717, 1.165) is 23.8 Å². The van der Waals surface area contributed by atoms with Crippen LogP contribution in [-0.4, -0.2) is 64.7 Å². The second-order valence-electron chi connectivity index (χ2n) is 8.80. The number of rotatable bonds is 3. The Labute approximate surface area is 200 Å². The van der Waals surface area contributed by atoms with Crippen LogP contribution in [0.2, 0.25) is 0 Å². The Balaban J connectivity index is 0.00000272. The molecule has 4 rings (SSSR count). The molecule has 1 amide bonds. The molecule has 1 aromatic heterocycles. The van der Waals surface area contributed by atoms with Crippen molar-refractivity contribution in [3.63, 3.8) is 0 Å². The van der Waals surface area contributed by atoms with E-state index in [9.17, 15) is 4.79 Å². The van der Waals surface area contributed by atoms with Gasteiger partial charge in [-0.15, -0.1) is 24.0 Å². The first kappa shape index (κ1) is 23.4. The van der Waals surface area contributed by atoms with Crippen molar-refractivity contribution in [3.8, 4) is 11.5 Å². The van der Waals surface area contributed by atoms with Crippen molar-refractivity contribution in [2.45, 2.75) is 45.9 Å². The molecule has 3 heterocycles. The average Bonchev–Trinajstić information content (AvgIpc) is 3.32. The van der Waals surface area contributed by atoms with Crippen molar-refractivity contribution in [3.05, 3.63) is 41.8 Å². The lowest BCUT2D eigenvalue weighted by Gasteiger charge is -2.39. The minimum Gasteiger partial charge on any atom is -0.444 e. The van der Waals surface area contributed by atoms with E-state index in [-0.39, 0.29) is 36.1 Å². The Kier molecular flexibility index (Phi) is 7.13. The molecule has 2 aromatic rings. The Hall–Kier alpha value is -2.30. The zero-order chi connectivity index (χ0) is 21.3. The van der Waals surface area contributed by atoms with Gasteiger partial charge in [0.05, 0.1) is 24.8 Å². The van der Waals surface area contributed by atoms with Crippen LogP contribution in [0.1, 0.15) is 32.0 Å². The summed E-state index contributed by atoms with van der Waals surface area (Å²) in [5, 5.41) is 3.37. The number of oxazole rings is 1. The first-order chi connectivity index (χ1) is 14.3. The van der Waals surface area contributed by atoms with Crippen molar-refractivity contribution in [1.29, 1.82) is 0 Å². The van der Waals surface area contributed by atoms with Gasteiger partial charge >= 0.3 is 6.09 Å². The first-order valence-electron chi connectivity index (χ1n) is 10.3. The van der Waals surface area contributed by atoms with Gasteiger partial charge in [-0.3, -0.25) is 4.99 Å². The van der Waals surface area contributed by atoms with Crippen LogP contribution in [0.5, 0.6) is 0 Å². The second kappa shape index (κ2) is 9.46. The number of amides is 1. The predicted molar refractivity (Wildman–Crippen MR) is 130 cm³/mol. The molecule has 31 heavy (non-hydrogen) atoms. The van der Waals surface area contributed by atoms with Gasteiger partial charge in [0.15, 0.2) is 5.96 Å². The Morgan fingerprint density at radius 1 is 1.26 bits per heavy atom. The summed E-state index contributed by atoms with van der Waals surface area (Å²) >= 11 is 0. The zero-order valence-corrected chi connectivity index (χ0v) is 20.8. The number of aliphatic imine (C=N–C) groups is 1. The highest BCUT2D eigenvalue weighted by atomic mass is 127. The van der Waals surface area contributed by atoms with Gasteiger partial charge in [0.1, 0.15) is 11.9 Å². The lowest BCUT2D eigenvalue weighted by Crippen LogP contribution is -2.57. The quantitative estimate of drug-likeness (QED) is 0.600. The second-order valence-corrected chi connectivity index (χ2v) is 8.80. The zero-order valence-electron chi connectivity index (χ0n) is 18.4. The fraction of sp³-hybridized carbons (Fsp3) is 0.500. The van der Waals surface area contributed by atoms with Crippen LogP contribution in [0.15, 0.2) is 39.9 Å². The lowest BCUT2D eigenvalue weighted by atomic mass is 10.1. The molecule has 0 bridgehead atoms. The maximum Gasteiger partial charge on any atom is 0.410 e. The van der Waals surface area contributed by atoms with E-state index >= 15 is 0 Å². The normalized spacial score (nSPS) is 18.2. The number of nitrogens with one attached hydrogen (secondary N) is 1. The van der Waals surface area contributed by atoms with E-state index in [4.69, 9.17) is 9.15 Å². The van der Waals surface area contributed by atoms with E-state index in [1.165, 1.54) is 5.56 Å². The largest absolute Gasteiger partial charge is 0.444 e. The number of halogens is 1. The lowest BCUT2D eigenvalue weighted by molar-refractivity contribution is 0.0137. The number of guanidine groups is 1. The maximum atomic E-state index is 12.3. The highest BCUT2D eigenvalue weighted by molar-refractivity contribution is 14.0. The first-order valence-corrected chi connectivity index (χ1v) is 10.3. The van der Waals surface area contributed by atoms with Crippen LogP contribution >= 0.6 is 24.0 Å². The Morgan fingerprint density at radius 2 is 2.00 bits per heavy atom. The maximum absolute atomic E-state index is 12.3. The third-order valence-electron chi connectivity index (χ3n) is 5.14. The van der Waals surface area contributed by atoms with E-state index in [1.807, 2.05) is 45.0 Å². The summed E-state index contributed by atoms with van der Waals surface area (Å²) in [7, 11) is 0. The van der Waals surface area contributed by atoms with Crippen LogP contribution in [-0.2, 0) is 11.3 Å². The molecule has 9 heteroatoms. The third-order valence-corrected chi connectivity index (χ3v) is 5.14. The molecule has 1 unspecified atom stereocenters. The summed E-state index contributed by atoms with van der Waals surface area (Å²) in [6, 6.07) is 8.28. The van der Waals surface area contributed by atoms with Crippen molar-refractivity contribution in [2.75, 3.05) is 26.2 Å². The number of nitrogens with zero attached hydrogens (tertiary/aromatic N) is 4. The number of ether oxygens (including phenoxy) is 1. The minimum absolute atomic E-state index is 0. The summed E-state index contributed by atoms with van der Waals surface area (Å²) in [5.41, 5.74) is 2.50. The molecule has 2 aliphatic rings. The van der Waals surface area contributed by atoms with Crippen LogP contribution in [0.3, 0.4) is 0 Å². The van der Waals surface area contributed by atoms with Gasteiger partial charge in [0.2, 0.25) is 5.89 Å². The van der Waals surface area contributed by atoms with Gasteiger partial charge in [-0.25, -0.2) is 9.78 Å². The van der Waals surface area contributed by atoms with Gasteiger partial charge in [0, 0.05) is 25.2 Å². The third kappa shape index (κ3) is 5.69. The molecule has 1 aromatic carbocycles. The minimum atomic E-state index is -0.484. The molecule has 8 nitrogen and oxygen atoms in total. The molecular weight excluding hydrogens is 509 g/mol. The van der Waals surface area contributed by atoms with Gasteiger partial charge in [-0.2, -0.15) is 0 Å². The number of carbonyl (C=O) groups is 1. The number of carbonyl (C=O) groups excluding carboxylic acids is 1. The summed E-state index contributed by atoms with van der Waals surface area (Å²) in [6.45, 7) is 10.9. The molecular formula is C22H30IN5O3. The molecule has 1 fully saturated rings. The van der Waals surface area contributed by atoms with E-state index < -0.39 is 5.60 Å². The SMILES string of the molecule is Cc1ccc(-c2nc(CNC3=NCC4CN(C(=O)OC(C)(C)C)CCN34)co2)cc1.I. The van der Waals surface area contributed by atoms with Crippen molar-refractivity contribution in [2.24, 2.45) is 4.99 Å². The number of fused-ring (bicyclic) bond motifs is 1. The summed E-state index contributed by atoms with van der Waals surface area (Å²) < 4.78 is 11.1. The van der Waals surface area contributed by atoms with Crippen LogP contribution in [0.25, 0.3) is 11.5 Å². The molecule has 0 aliphatic carbocycles. The molecule has 1 N–H and O–H groups in total. The molecule has 168 valence electrons. The fourth-order valence-electron chi connectivity index (χ4n) is 3.61. The van der Waals surface area contributed by atoms with E-state index in [1.54, 1.807) is 11.2 Å². The molecule has 1 atom stereocenters. The standard InChI is InChI=1S/C22H29N5O3.HI/c1-15-5-7-16(8-6-15)19-25-17(14-29-19)11-23-20-24-12-18-13-26(9-10-27(18)20)21(28)30-22(2,3)4;/h5-8,14,18H,9-13H2,1-4H3,(H,23,24);1H. The van der Waals surface area contributed by atoms with Crippen LogP contribution in [0, 0.1) is 6.92 Å². The number of aryl methyl sites for hydroxylation is 1. The van der Waals surface area contributed by atoms with Gasteiger partial charge in [0.25, 0.3) is 0 Å². The smallest absolute Gasteiger partial charge is 0.410 e. The van der Waals surface area contributed by atoms with Crippen molar-refractivity contribution >= 4 is 36.0 Å². The van der Waals surface area contributed by atoms with E-state index in [2.05, 4.69) is 27.1 Å². The molecule has 2 aliphatic heterocycles. The molecule has 0 radical (unpaired) electrons. The molecule has 0 saturated carbocycles. The number of aromatic nitrogens is 1. The highest BCUT2D eigenvalue weighted by Crippen LogP contribution is 2.21. The average molecular weight is 539 g/mol. The van der Waals surface area contributed by atoms with Gasteiger partial charge < -0.3 is 24.3 Å². The number of piperazine rings is 1. The van der Waals surface area contributed by atoms with E-state index in [0.29, 0.717) is 32.1 Å². The number of benzene rings is 1.